The monoisotopic (exact) mass is 1620 g/mol. The van der Waals surface area contributed by atoms with Crippen LogP contribution in [0, 0.1) is 28.2 Å². The Morgan fingerprint density at radius 3 is 1.32 bits per heavy atom. The van der Waals surface area contributed by atoms with Gasteiger partial charge in [-0.15, -0.1) is 0 Å². The smallest absolute Gasteiger partial charge is 0.279 e. The van der Waals surface area contributed by atoms with E-state index in [-0.39, 0.29) is 80.9 Å². The molecule has 0 spiro atoms. The highest BCUT2D eigenvalue weighted by Crippen LogP contribution is 2.36. The largest absolute Gasteiger partial charge is 0.394 e. The Labute approximate surface area is 570 Å². The maximum absolute atomic E-state index is 14.5. The molecule has 0 bridgehead atoms. The number of carbonyl (C=O) groups is 3. The third-order valence-corrected chi connectivity index (χ3v) is 15.9. The number of benzene rings is 3. The molecule has 9 aromatic rings. The number of aryl methyl sites for hydroxylation is 3. The zero-order valence-corrected chi connectivity index (χ0v) is 58.0. The predicted octanol–water partition coefficient (Wildman–Crippen LogP) is 10.2. The van der Waals surface area contributed by atoms with Gasteiger partial charge in [-0.05, 0) is 186 Å². The lowest BCUT2D eigenvalue weighted by Crippen LogP contribution is -2.34. The van der Waals surface area contributed by atoms with E-state index in [0.29, 0.717) is 81.4 Å². The van der Waals surface area contributed by atoms with Gasteiger partial charge in [0, 0.05) is 79.7 Å². The second-order valence-electron chi connectivity index (χ2n) is 21.1. The van der Waals surface area contributed by atoms with Crippen molar-refractivity contribution >= 4 is 180 Å². The van der Waals surface area contributed by atoms with Crippen LogP contribution in [0.2, 0.25) is 0 Å². The molecule has 8 heterocycles. The van der Waals surface area contributed by atoms with Gasteiger partial charge < -0.3 is 69.4 Å². The first-order chi connectivity index (χ1) is 41.9. The minimum absolute atomic E-state index is 0. The second-order valence-corrected chi connectivity index (χ2v) is 24.9. The van der Waals surface area contributed by atoms with Crippen molar-refractivity contribution in [2.45, 2.75) is 57.6 Å². The first-order valence-corrected chi connectivity index (χ1v) is 30.5. The average molecular weight is 1620 g/mol. The van der Waals surface area contributed by atoms with E-state index in [1.54, 1.807) is 120 Å². The van der Waals surface area contributed by atoms with Gasteiger partial charge in [0.05, 0.1) is 59.7 Å². The van der Waals surface area contributed by atoms with E-state index < -0.39 is 53.6 Å². The van der Waals surface area contributed by atoms with E-state index >= 15 is 0 Å². The van der Waals surface area contributed by atoms with Gasteiger partial charge in [0.2, 0.25) is 0 Å². The molecule has 90 heavy (non-hydrogen) atoms. The van der Waals surface area contributed by atoms with E-state index in [1.165, 1.54) is 18.2 Å². The Hall–Kier alpha value is -6.06. The fourth-order valence-corrected chi connectivity index (χ4v) is 11.0. The lowest BCUT2D eigenvalue weighted by molar-refractivity contribution is -0.147. The average Bonchev–Trinajstić information content (AvgIpc) is 1.65. The van der Waals surface area contributed by atoms with Crippen LogP contribution in [0.1, 0.15) is 58.8 Å². The number of pyridine rings is 3. The zero-order chi connectivity index (χ0) is 63.2. The van der Waals surface area contributed by atoms with Gasteiger partial charge in [-0.2, -0.15) is 27.0 Å². The summed E-state index contributed by atoms with van der Waals surface area (Å²) < 4.78 is 73.1. The molecule has 8 N–H and O–H groups in total. The first kappa shape index (κ1) is 71.4. The molecule has 22 nitrogen and oxygen atoms in total. The van der Waals surface area contributed by atoms with Crippen molar-refractivity contribution in [2.24, 2.45) is 21.1 Å². The molecule has 2 fully saturated rings. The Balaban J connectivity index is 0.000000190. The number of hydrogen-bond acceptors (Lipinski definition) is 16. The molecule has 2 aliphatic rings. The molecular weight excluding hydrogens is 1550 g/mol. The van der Waals surface area contributed by atoms with Gasteiger partial charge in [0.25, 0.3) is 17.7 Å². The second kappa shape index (κ2) is 31.0. The SMILES string of the molecule is Cn1c(Nc2ccc(I)cc2F)c(C(=O)NC[C@H](O)CO)c2cccnc21.Cn1c(Nc2ccc(I)cc2F)c(C(=O)NC[C@H]2COC(C)(C)O2)c2cccnc21.Cn1c(Nc2ccc(I)cc2F)c(C(=O)NOC[C@H]2COC(C)(C)O2)c2cccnc21.S.S. The van der Waals surface area contributed by atoms with E-state index in [4.69, 9.17) is 28.9 Å². The molecule has 0 radical (unpaired) electrons. The summed E-state index contributed by atoms with van der Waals surface area (Å²) in [7, 11) is 5.27. The van der Waals surface area contributed by atoms with Gasteiger partial charge in [-0.25, -0.2) is 33.6 Å². The summed E-state index contributed by atoms with van der Waals surface area (Å²) in [5.74, 6) is -2.60. The number of carbonyl (C=O) groups excluding carboxylic acids is 3. The fourth-order valence-electron chi connectivity index (χ4n) is 9.68. The number of aliphatic hydroxyl groups excluding tert-OH is 2. The van der Waals surface area contributed by atoms with E-state index in [0.717, 1.165) is 10.7 Å². The number of nitrogens with zero attached hydrogens (tertiary/aromatic N) is 6. The van der Waals surface area contributed by atoms with Crippen molar-refractivity contribution in [3.05, 3.63) is 154 Å². The fraction of sp³-hybridized carbons (Fsp3) is 0.300. The number of hydrogen-bond donors (Lipinski definition) is 8. The topological polar surface area (TPSA) is 263 Å². The number of halogens is 6. The van der Waals surface area contributed by atoms with Crippen molar-refractivity contribution < 1.29 is 61.6 Å². The summed E-state index contributed by atoms with van der Waals surface area (Å²) in [6, 6.07) is 25.0. The van der Waals surface area contributed by atoms with Crippen molar-refractivity contribution in [1.82, 2.24) is 44.8 Å². The quantitative estimate of drug-likeness (QED) is 0.0311. The highest BCUT2D eigenvalue weighted by atomic mass is 127. The number of rotatable bonds is 17. The molecule has 3 amide bonds. The Morgan fingerprint density at radius 2 is 0.967 bits per heavy atom. The van der Waals surface area contributed by atoms with E-state index in [9.17, 15) is 32.7 Å². The molecular formula is C60H66F3I3N12O10S2. The standard InChI is InChI=1S/C21H22FIN4O4.C21H22FIN4O3.C18H18FIN4O3.2H2S/c1-21(2)29-10-13(31-21)11-30-26-20(28)17-14-5-4-8-24-18(14)27(3)19(17)25-16-7-6-12(23)9-15(16)22;1-21(2)29-11-13(30-21)10-25-20(28)17-14-5-4-8-24-18(14)27(3)19(17)26-16-7-6-12(23)9-15(16)22;1-24-16-12(3-2-6-21-16)15(18(27)22-8-11(26)9-25)17(24)23-14-5-4-10(20)7-13(14)19;;/h4-9,13,25H,10-11H2,1-3H3,(H,26,28);4-9,13,26H,10-11H2,1-3H3,(H,25,28);2-7,11,23,25-26H,8-9H2,1H3,(H,22,27);2*1H2/t2*13-;11-;;/m100../s1. The van der Waals surface area contributed by atoms with Crippen molar-refractivity contribution in [1.29, 1.82) is 0 Å². The molecule has 2 saturated heterocycles. The van der Waals surface area contributed by atoms with Gasteiger partial charge in [0.1, 0.15) is 70.7 Å². The third kappa shape index (κ3) is 17.0. The lowest BCUT2D eigenvalue weighted by Gasteiger charge is -2.17. The lowest BCUT2D eigenvalue weighted by atomic mass is 10.2. The van der Waals surface area contributed by atoms with Gasteiger partial charge in [-0.3, -0.25) is 19.2 Å². The van der Waals surface area contributed by atoms with Crippen LogP contribution in [0.25, 0.3) is 33.1 Å². The summed E-state index contributed by atoms with van der Waals surface area (Å²) >= 11 is 6.11. The number of fused-ring (bicyclic) bond motifs is 3. The highest BCUT2D eigenvalue weighted by molar-refractivity contribution is 14.1. The Bertz CT molecular complexity index is 4070. The van der Waals surface area contributed by atoms with Crippen LogP contribution in [-0.4, -0.2) is 126 Å². The third-order valence-electron chi connectivity index (χ3n) is 13.8. The van der Waals surface area contributed by atoms with Crippen molar-refractivity contribution in [3.8, 4) is 0 Å². The Kier molecular flexibility index (Phi) is 24.6. The van der Waals surface area contributed by atoms with E-state index in [2.05, 4.69) is 69.6 Å². The van der Waals surface area contributed by atoms with E-state index in [1.807, 2.05) is 78.9 Å². The first-order valence-electron chi connectivity index (χ1n) is 27.3. The normalized spacial score (nSPS) is 15.8. The number of ether oxygens (including phenoxy) is 4. The van der Waals surface area contributed by atoms with Gasteiger partial charge >= 0.3 is 0 Å². The van der Waals surface area contributed by atoms with Crippen LogP contribution in [0.3, 0.4) is 0 Å². The molecule has 0 aliphatic carbocycles. The number of anilines is 6. The molecule has 3 atom stereocenters. The summed E-state index contributed by atoms with van der Waals surface area (Å²) in [5.41, 5.74) is 5.95. The summed E-state index contributed by atoms with van der Waals surface area (Å²) in [4.78, 5) is 57.4. The summed E-state index contributed by atoms with van der Waals surface area (Å²) in [5, 5.41) is 34.9. The van der Waals surface area contributed by atoms with Crippen LogP contribution < -0.4 is 32.1 Å². The number of aliphatic hydroxyl groups is 2. The number of aromatic nitrogens is 6. The highest BCUT2D eigenvalue weighted by Gasteiger charge is 2.35. The predicted molar refractivity (Wildman–Crippen MR) is 371 cm³/mol. The van der Waals surface area contributed by atoms with Crippen LogP contribution >= 0.6 is 94.8 Å². The minimum atomic E-state index is -1.06. The van der Waals surface area contributed by atoms with Gasteiger partial charge in [0.15, 0.2) is 11.6 Å². The molecule has 0 unspecified atom stereocenters. The summed E-state index contributed by atoms with van der Waals surface area (Å²) in [6.45, 7) is 7.95. The van der Waals surface area contributed by atoms with Crippen molar-refractivity contribution in [2.75, 3.05) is 55.5 Å². The molecule has 0 saturated carbocycles. The molecule has 6 aromatic heterocycles. The van der Waals surface area contributed by atoms with Crippen molar-refractivity contribution in [3.63, 3.8) is 0 Å². The number of amides is 3. The molecule has 3 aromatic carbocycles. The zero-order valence-electron chi connectivity index (χ0n) is 49.5. The van der Waals surface area contributed by atoms with Crippen LogP contribution in [0.15, 0.2) is 110 Å². The molecule has 2 aliphatic heterocycles. The van der Waals surface area contributed by atoms with Crippen LogP contribution in [-0.2, 0) is 44.9 Å². The van der Waals surface area contributed by atoms with Crippen LogP contribution in [0.5, 0.6) is 0 Å². The maximum atomic E-state index is 14.5. The van der Waals surface area contributed by atoms with Gasteiger partial charge in [-0.1, -0.05) is 0 Å². The molecule has 30 heteroatoms. The minimum Gasteiger partial charge on any atom is -0.394 e. The summed E-state index contributed by atoms with van der Waals surface area (Å²) in [6.07, 6.45) is 3.31. The van der Waals surface area contributed by atoms with Crippen LogP contribution in [0.4, 0.5) is 47.7 Å². The molecule has 11 rings (SSSR count). The number of hydroxylamine groups is 1. The maximum Gasteiger partial charge on any atom is 0.279 e. The number of nitrogens with one attached hydrogen (secondary N) is 6. The molecule has 480 valence electrons. The Morgan fingerprint density at radius 1 is 0.600 bits per heavy atom.